The molecule has 0 radical (unpaired) electrons. The Hall–Kier alpha value is -3.98. The molecule has 39 heavy (non-hydrogen) atoms. The van der Waals surface area contributed by atoms with Crippen molar-refractivity contribution in [3.63, 3.8) is 0 Å². The van der Waals surface area contributed by atoms with Crippen LogP contribution in [0.15, 0.2) is 48.8 Å². The zero-order valence-corrected chi connectivity index (χ0v) is 22.1. The van der Waals surface area contributed by atoms with Gasteiger partial charge in [0.2, 0.25) is 21.9 Å². The van der Waals surface area contributed by atoms with Crippen LogP contribution >= 0.6 is 0 Å². The predicted molar refractivity (Wildman–Crippen MR) is 140 cm³/mol. The summed E-state index contributed by atoms with van der Waals surface area (Å²) in [5.41, 5.74) is 3.80. The van der Waals surface area contributed by atoms with E-state index in [-0.39, 0.29) is 35.2 Å². The fourth-order valence-electron chi connectivity index (χ4n) is 3.50. The van der Waals surface area contributed by atoms with E-state index in [0.29, 0.717) is 11.9 Å². The van der Waals surface area contributed by atoms with Crippen molar-refractivity contribution < 1.29 is 31.5 Å². The standard InChI is InChI=1S/C24H28F3N7O4S/c1-4-39(37,38)33-20-16(8-6-10-29-20)12-30-21-18(24(25,26)27)13-31-22(32-21)34(23(2,3)14-35)17-9-5-7-15(11-17)19(28)36/h5-11,13,35H,4,12,14H2,1-3H3,(H2,28,36)(H,29,33)(H,30,31,32). The van der Waals surface area contributed by atoms with Gasteiger partial charge in [-0.25, -0.2) is 18.4 Å². The number of nitrogens with two attached hydrogens (primary N) is 1. The molecule has 210 valence electrons. The van der Waals surface area contributed by atoms with Gasteiger partial charge < -0.3 is 21.1 Å². The number of carbonyl (C=O) groups excluding carboxylic acids is 1. The molecule has 0 saturated heterocycles. The molecule has 2 heterocycles. The fourth-order valence-corrected chi connectivity index (χ4v) is 4.12. The van der Waals surface area contributed by atoms with Crippen molar-refractivity contribution in [1.29, 1.82) is 0 Å². The molecule has 1 amide bonds. The lowest BCUT2D eigenvalue weighted by Gasteiger charge is -2.37. The summed E-state index contributed by atoms with van der Waals surface area (Å²) in [5.74, 6) is -1.78. The highest BCUT2D eigenvalue weighted by Gasteiger charge is 2.37. The number of anilines is 4. The molecule has 3 rings (SSSR count). The summed E-state index contributed by atoms with van der Waals surface area (Å²) in [5, 5.41) is 12.7. The van der Waals surface area contributed by atoms with Gasteiger partial charge in [-0.15, -0.1) is 0 Å². The van der Waals surface area contributed by atoms with Crippen LogP contribution in [-0.4, -0.2) is 52.3 Å². The Morgan fingerprint density at radius 2 is 1.85 bits per heavy atom. The van der Waals surface area contributed by atoms with Crippen LogP contribution in [0.3, 0.4) is 0 Å². The van der Waals surface area contributed by atoms with E-state index in [9.17, 15) is 31.5 Å². The lowest BCUT2D eigenvalue weighted by molar-refractivity contribution is -0.137. The minimum Gasteiger partial charge on any atom is -0.394 e. The minimum atomic E-state index is -4.83. The molecule has 0 spiro atoms. The summed E-state index contributed by atoms with van der Waals surface area (Å²) < 4.78 is 68.0. The Bertz CT molecular complexity index is 1450. The van der Waals surface area contributed by atoms with E-state index in [2.05, 4.69) is 25.0 Å². The predicted octanol–water partition coefficient (Wildman–Crippen LogP) is 3.27. The maximum absolute atomic E-state index is 13.9. The summed E-state index contributed by atoms with van der Waals surface area (Å²) >= 11 is 0. The molecule has 0 bridgehead atoms. The number of aliphatic hydroxyl groups is 1. The topological polar surface area (TPSA) is 163 Å². The number of aliphatic hydroxyl groups excluding tert-OH is 1. The SMILES string of the molecule is CCS(=O)(=O)Nc1ncccc1CNc1nc(N(c2cccc(C(N)=O)c2)C(C)(C)CO)ncc1C(F)(F)F. The lowest BCUT2D eigenvalue weighted by Crippen LogP contribution is -2.45. The van der Waals surface area contributed by atoms with Crippen LogP contribution in [0.2, 0.25) is 0 Å². The average molecular weight is 568 g/mol. The first kappa shape index (κ1) is 29.6. The van der Waals surface area contributed by atoms with E-state index in [1.165, 1.54) is 48.4 Å². The second kappa shape index (κ2) is 11.4. The van der Waals surface area contributed by atoms with Gasteiger partial charge >= 0.3 is 6.18 Å². The van der Waals surface area contributed by atoms with Gasteiger partial charge in [0.1, 0.15) is 17.2 Å². The molecule has 0 fully saturated rings. The van der Waals surface area contributed by atoms with Crippen LogP contribution in [0.25, 0.3) is 0 Å². The highest BCUT2D eigenvalue weighted by Crippen LogP contribution is 2.37. The molecule has 0 aliphatic heterocycles. The molecule has 0 aliphatic rings. The Labute approximate surface area is 223 Å². The number of primary amides is 1. The summed E-state index contributed by atoms with van der Waals surface area (Å²) in [6.07, 6.45) is -2.88. The normalized spacial score (nSPS) is 12.2. The van der Waals surface area contributed by atoms with Crippen LogP contribution in [0.5, 0.6) is 0 Å². The van der Waals surface area contributed by atoms with Gasteiger partial charge in [-0.05, 0) is 45.0 Å². The number of pyridine rings is 1. The number of hydrogen-bond donors (Lipinski definition) is 4. The molecular formula is C24H28F3N7O4S. The van der Waals surface area contributed by atoms with Gasteiger partial charge in [-0.1, -0.05) is 12.1 Å². The van der Waals surface area contributed by atoms with Gasteiger partial charge in [0.25, 0.3) is 0 Å². The van der Waals surface area contributed by atoms with Gasteiger partial charge in [0.15, 0.2) is 0 Å². The zero-order chi connectivity index (χ0) is 29.0. The molecule has 0 aliphatic carbocycles. The van der Waals surface area contributed by atoms with Crippen molar-refractivity contribution in [3.8, 4) is 0 Å². The summed E-state index contributed by atoms with van der Waals surface area (Å²) in [4.78, 5) is 25.2. The average Bonchev–Trinajstić information content (AvgIpc) is 2.87. The Balaban J connectivity index is 2.09. The number of nitrogens with zero attached hydrogens (tertiary/aromatic N) is 4. The number of nitrogens with one attached hydrogen (secondary N) is 2. The van der Waals surface area contributed by atoms with Crippen LogP contribution < -0.4 is 20.7 Å². The molecule has 0 saturated carbocycles. The summed E-state index contributed by atoms with van der Waals surface area (Å²) in [6, 6.07) is 8.98. The number of aromatic nitrogens is 3. The van der Waals surface area contributed by atoms with E-state index in [4.69, 9.17) is 5.73 Å². The molecule has 15 heteroatoms. The number of hydrogen-bond acceptors (Lipinski definition) is 9. The molecule has 5 N–H and O–H groups in total. The number of alkyl halides is 3. The zero-order valence-electron chi connectivity index (χ0n) is 21.3. The first-order valence-corrected chi connectivity index (χ1v) is 13.3. The van der Waals surface area contributed by atoms with Crippen LogP contribution in [-0.2, 0) is 22.7 Å². The maximum Gasteiger partial charge on any atom is 0.421 e. The molecule has 0 atom stereocenters. The van der Waals surface area contributed by atoms with Crippen molar-refractivity contribution in [1.82, 2.24) is 15.0 Å². The molecule has 11 nitrogen and oxygen atoms in total. The largest absolute Gasteiger partial charge is 0.421 e. The Kier molecular flexibility index (Phi) is 8.65. The van der Waals surface area contributed by atoms with Crippen molar-refractivity contribution in [2.24, 2.45) is 5.73 Å². The number of halogens is 3. The van der Waals surface area contributed by atoms with Gasteiger partial charge in [0, 0.05) is 35.8 Å². The van der Waals surface area contributed by atoms with E-state index >= 15 is 0 Å². The van der Waals surface area contributed by atoms with Gasteiger partial charge in [0.05, 0.1) is 17.9 Å². The Morgan fingerprint density at radius 3 is 2.46 bits per heavy atom. The van der Waals surface area contributed by atoms with Crippen LogP contribution in [0.1, 0.15) is 42.3 Å². The number of amides is 1. The van der Waals surface area contributed by atoms with Gasteiger partial charge in [-0.2, -0.15) is 18.2 Å². The van der Waals surface area contributed by atoms with E-state index in [0.717, 1.165) is 0 Å². The molecule has 1 aromatic carbocycles. The third-order valence-corrected chi connectivity index (χ3v) is 6.90. The Morgan fingerprint density at radius 1 is 1.13 bits per heavy atom. The lowest BCUT2D eigenvalue weighted by atomic mass is 10.0. The third-order valence-electron chi connectivity index (χ3n) is 5.63. The van der Waals surface area contributed by atoms with Crippen molar-refractivity contribution in [3.05, 3.63) is 65.5 Å². The quantitative estimate of drug-likeness (QED) is 0.272. The highest BCUT2D eigenvalue weighted by atomic mass is 32.2. The van der Waals surface area contributed by atoms with Crippen LogP contribution in [0.4, 0.5) is 36.4 Å². The first-order chi connectivity index (χ1) is 18.2. The number of sulfonamides is 1. The molecular weight excluding hydrogens is 539 g/mol. The first-order valence-electron chi connectivity index (χ1n) is 11.6. The summed E-state index contributed by atoms with van der Waals surface area (Å²) in [7, 11) is -3.70. The highest BCUT2D eigenvalue weighted by molar-refractivity contribution is 7.92. The van der Waals surface area contributed by atoms with E-state index < -0.39 is 45.6 Å². The summed E-state index contributed by atoms with van der Waals surface area (Å²) in [6.45, 7) is 3.94. The van der Waals surface area contributed by atoms with Gasteiger partial charge in [-0.3, -0.25) is 9.52 Å². The monoisotopic (exact) mass is 567 g/mol. The van der Waals surface area contributed by atoms with Crippen molar-refractivity contribution in [2.75, 3.05) is 27.3 Å². The molecule has 2 aromatic heterocycles. The van der Waals surface area contributed by atoms with Crippen molar-refractivity contribution >= 4 is 39.2 Å². The smallest absolute Gasteiger partial charge is 0.394 e. The molecule has 3 aromatic rings. The van der Waals surface area contributed by atoms with E-state index in [1.54, 1.807) is 19.9 Å². The third kappa shape index (κ3) is 7.11. The fraction of sp³-hybridized carbons (Fsp3) is 0.333. The number of benzene rings is 1. The minimum absolute atomic E-state index is 0.0407. The second-order valence-electron chi connectivity index (χ2n) is 9.02. The number of rotatable bonds is 11. The van der Waals surface area contributed by atoms with Crippen LogP contribution in [0, 0.1) is 0 Å². The second-order valence-corrected chi connectivity index (χ2v) is 11.0. The van der Waals surface area contributed by atoms with E-state index in [1.807, 2.05) is 0 Å². The van der Waals surface area contributed by atoms with Crippen molar-refractivity contribution in [2.45, 2.75) is 39.0 Å². The maximum atomic E-state index is 13.9. The number of carbonyl (C=O) groups is 1. The molecule has 0 unspecified atom stereocenters.